The Hall–Kier alpha value is -2.35. The lowest BCUT2D eigenvalue weighted by molar-refractivity contribution is -0.125. The molecule has 1 heterocycles. The van der Waals surface area contributed by atoms with Crippen LogP contribution in [-0.4, -0.2) is 53.5 Å². The molecule has 1 aromatic rings. The van der Waals surface area contributed by atoms with Gasteiger partial charge in [0, 0.05) is 19.4 Å². The first-order valence-electron chi connectivity index (χ1n) is 12.7. The van der Waals surface area contributed by atoms with Crippen molar-refractivity contribution >= 4 is 18.0 Å². The van der Waals surface area contributed by atoms with Gasteiger partial charge in [-0.2, -0.15) is 5.10 Å². The number of nitrogens with zero attached hydrogens (tertiary/aromatic N) is 2. The lowest BCUT2D eigenvalue weighted by Gasteiger charge is -2.54. The Bertz CT molecular complexity index is 892. The number of methoxy groups -OCH3 is 1. The van der Waals surface area contributed by atoms with Crippen LogP contribution in [0.1, 0.15) is 70.2 Å². The van der Waals surface area contributed by atoms with Crippen molar-refractivity contribution in [3.05, 3.63) is 17.8 Å². The largest absolute Gasteiger partial charge is 0.477 e. The van der Waals surface area contributed by atoms with Gasteiger partial charge in [-0.1, -0.05) is 13.8 Å². The molecule has 34 heavy (non-hydrogen) atoms. The second-order valence-corrected chi connectivity index (χ2v) is 11.5. The highest BCUT2D eigenvalue weighted by atomic mass is 16.5. The van der Waals surface area contributed by atoms with Gasteiger partial charge in [-0.25, -0.2) is 4.68 Å². The number of hydrogen-bond acceptors (Lipinski definition) is 5. The first kappa shape index (κ1) is 24.8. The fourth-order valence-corrected chi connectivity index (χ4v) is 6.22. The second kappa shape index (κ2) is 10.1. The maximum atomic E-state index is 13.4. The Morgan fingerprint density at radius 2 is 1.82 bits per heavy atom. The Balaban J connectivity index is 1.49. The lowest BCUT2D eigenvalue weighted by atomic mass is 9.54. The van der Waals surface area contributed by atoms with E-state index in [9.17, 15) is 9.59 Å². The quantitative estimate of drug-likeness (QED) is 0.544. The molecule has 0 spiro atoms. The normalized spacial score (nSPS) is 28.0. The molecule has 4 fully saturated rings. The molecule has 4 saturated carbocycles. The zero-order chi connectivity index (χ0) is 24.5. The Morgan fingerprint density at radius 1 is 1.18 bits per heavy atom. The van der Waals surface area contributed by atoms with Gasteiger partial charge in [-0.15, -0.1) is 0 Å². The van der Waals surface area contributed by atoms with Crippen molar-refractivity contribution in [1.82, 2.24) is 20.4 Å². The molecule has 0 aliphatic heterocycles. The van der Waals surface area contributed by atoms with E-state index in [0.717, 1.165) is 11.8 Å². The molecule has 2 amide bonds. The first-order chi connectivity index (χ1) is 16.1. The van der Waals surface area contributed by atoms with Crippen molar-refractivity contribution in [1.29, 1.82) is 0 Å². The summed E-state index contributed by atoms with van der Waals surface area (Å²) in [4.78, 5) is 25.3. The molecule has 0 radical (unpaired) electrons. The van der Waals surface area contributed by atoms with Crippen LogP contribution in [-0.2, 0) is 9.53 Å². The topological polar surface area (TPSA) is 94.5 Å². The fraction of sp³-hybridized carbons (Fsp3) is 0.731. The minimum Gasteiger partial charge on any atom is -0.477 e. The van der Waals surface area contributed by atoms with Crippen molar-refractivity contribution in [3.63, 3.8) is 0 Å². The van der Waals surface area contributed by atoms with Crippen molar-refractivity contribution in [2.75, 3.05) is 20.3 Å². The van der Waals surface area contributed by atoms with Crippen LogP contribution in [0.3, 0.4) is 0 Å². The molecular weight excluding hydrogens is 432 g/mol. The number of nitrogens with one attached hydrogen (secondary N) is 2. The molecule has 4 aliphatic carbocycles. The molecule has 2 N–H and O–H groups in total. The summed E-state index contributed by atoms with van der Waals surface area (Å²) < 4.78 is 12.5. The van der Waals surface area contributed by atoms with E-state index in [0.29, 0.717) is 35.8 Å². The summed E-state index contributed by atoms with van der Waals surface area (Å²) >= 11 is 0. The predicted octanol–water partition coefficient (Wildman–Crippen LogP) is 3.48. The van der Waals surface area contributed by atoms with E-state index in [1.54, 1.807) is 17.1 Å². The number of carbonyl (C=O) groups is 2. The molecule has 4 aliphatic rings. The third-order valence-corrected chi connectivity index (χ3v) is 7.44. The van der Waals surface area contributed by atoms with Crippen LogP contribution in [0.25, 0.3) is 6.20 Å². The molecule has 0 saturated heterocycles. The lowest BCUT2D eigenvalue weighted by Crippen LogP contribution is -2.55. The summed E-state index contributed by atoms with van der Waals surface area (Å²) in [7, 11) is 1.49. The standard InChI is InChI=1S/C26H40N4O4/c1-16(2)14-34-25-21(13-27-30(25)7-6-26(3,4)29-22(31)15-33-5)24(32)28-23-19-9-17-8-18(11-19)12-20(23)10-17/h6-7,13,16-20,23H,8-12,14-15H2,1-5H3,(H,28,32)(H,29,31)/b7-6+. The molecule has 0 aromatic carbocycles. The number of aromatic nitrogens is 2. The third-order valence-electron chi connectivity index (χ3n) is 7.44. The minimum absolute atomic E-state index is 0.00322. The number of carbonyl (C=O) groups excluding carboxylic acids is 2. The van der Waals surface area contributed by atoms with Crippen molar-refractivity contribution in [3.8, 4) is 5.88 Å². The molecule has 5 rings (SSSR count). The van der Waals surface area contributed by atoms with Gasteiger partial charge in [0.05, 0.1) is 18.3 Å². The molecule has 0 atom stereocenters. The zero-order valence-corrected chi connectivity index (χ0v) is 21.2. The van der Waals surface area contributed by atoms with Gasteiger partial charge in [0.2, 0.25) is 11.8 Å². The summed E-state index contributed by atoms with van der Waals surface area (Å²) in [5.74, 6) is 3.36. The summed E-state index contributed by atoms with van der Waals surface area (Å²) in [6.07, 6.45) is 11.5. The first-order valence-corrected chi connectivity index (χ1v) is 12.7. The predicted molar refractivity (Wildman–Crippen MR) is 130 cm³/mol. The smallest absolute Gasteiger partial charge is 0.258 e. The van der Waals surface area contributed by atoms with Gasteiger partial charge < -0.3 is 20.1 Å². The number of hydrogen-bond donors (Lipinski definition) is 2. The maximum absolute atomic E-state index is 13.4. The zero-order valence-electron chi connectivity index (χ0n) is 21.2. The van der Waals surface area contributed by atoms with Crippen LogP contribution < -0.4 is 15.4 Å². The minimum atomic E-state index is -0.625. The summed E-state index contributed by atoms with van der Waals surface area (Å²) in [6.45, 7) is 8.38. The van der Waals surface area contributed by atoms with Crippen LogP contribution in [0.5, 0.6) is 5.88 Å². The van der Waals surface area contributed by atoms with Gasteiger partial charge in [0.15, 0.2) is 0 Å². The van der Waals surface area contributed by atoms with E-state index >= 15 is 0 Å². The van der Waals surface area contributed by atoms with Crippen LogP contribution in [0.15, 0.2) is 12.3 Å². The van der Waals surface area contributed by atoms with E-state index in [1.807, 2.05) is 19.9 Å². The average Bonchev–Trinajstić information content (AvgIpc) is 3.15. The highest BCUT2D eigenvalue weighted by Crippen LogP contribution is 2.53. The van der Waals surface area contributed by atoms with Crippen molar-refractivity contribution in [2.45, 2.75) is 71.4 Å². The molecule has 1 aromatic heterocycles. The van der Waals surface area contributed by atoms with Crippen molar-refractivity contribution < 1.29 is 19.1 Å². The van der Waals surface area contributed by atoms with E-state index < -0.39 is 5.54 Å². The number of rotatable bonds is 10. The van der Waals surface area contributed by atoms with E-state index in [1.165, 1.54) is 39.2 Å². The maximum Gasteiger partial charge on any atom is 0.258 e. The third kappa shape index (κ3) is 5.65. The Morgan fingerprint density at radius 3 is 2.41 bits per heavy atom. The van der Waals surface area contributed by atoms with Gasteiger partial charge in [-0.05, 0) is 81.6 Å². The van der Waals surface area contributed by atoms with Crippen molar-refractivity contribution in [2.24, 2.45) is 29.6 Å². The van der Waals surface area contributed by atoms with E-state index in [-0.39, 0.29) is 24.5 Å². The van der Waals surface area contributed by atoms with Crippen LogP contribution >= 0.6 is 0 Å². The number of amides is 2. The Kier molecular flexibility index (Phi) is 7.36. The van der Waals surface area contributed by atoms with Gasteiger partial charge in [-0.3, -0.25) is 9.59 Å². The van der Waals surface area contributed by atoms with Gasteiger partial charge >= 0.3 is 0 Å². The van der Waals surface area contributed by atoms with Crippen LogP contribution in [0.2, 0.25) is 0 Å². The summed E-state index contributed by atoms with van der Waals surface area (Å²) in [5.41, 5.74) is -0.167. The second-order valence-electron chi connectivity index (χ2n) is 11.5. The van der Waals surface area contributed by atoms with Gasteiger partial charge in [0.1, 0.15) is 12.2 Å². The van der Waals surface area contributed by atoms with Crippen LogP contribution in [0, 0.1) is 29.6 Å². The highest BCUT2D eigenvalue weighted by Gasteiger charge is 2.48. The van der Waals surface area contributed by atoms with E-state index in [2.05, 4.69) is 29.6 Å². The molecule has 8 heteroatoms. The molecule has 8 nitrogen and oxygen atoms in total. The summed E-state index contributed by atoms with van der Waals surface area (Å²) in [5, 5.41) is 10.7. The Labute approximate surface area is 202 Å². The van der Waals surface area contributed by atoms with E-state index in [4.69, 9.17) is 9.47 Å². The molecular formula is C26H40N4O4. The molecule has 0 unspecified atom stereocenters. The SMILES string of the molecule is COCC(=O)NC(C)(C)/C=C/n1ncc(C(=O)NC2C3CC4CC(C3)CC2C4)c1OCC(C)C. The number of ether oxygens (including phenoxy) is 2. The monoisotopic (exact) mass is 472 g/mol. The highest BCUT2D eigenvalue weighted by molar-refractivity contribution is 5.96. The molecule has 188 valence electrons. The molecule has 4 bridgehead atoms. The fourth-order valence-electron chi connectivity index (χ4n) is 6.22. The van der Waals surface area contributed by atoms with Crippen LogP contribution in [0.4, 0.5) is 0 Å². The van der Waals surface area contributed by atoms with Gasteiger partial charge in [0.25, 0.3) is 5.91 Å². The average molecular weight is 473 g/mol. The summed E-state index contributed by atoms with van der Waals surface area (Å²) in [6, 6.07) is 0.257.